The minimum absolute atomic E-state index is 0.229. The summed E-state index contributed by atoms with van der Waals surface area (Å²) in [6.07, 6.45) is 14.6. The topological polar surface area (TPSA) is 40.5 Å². The van der Waals surface area contributed by atoms with E-state index in [-0.39, 0.29) is 10.8 Å². The molecule has 13 unspecified atom stereocenters. The predicted octanol–water partition coefficient (Wildman–Crippen LogP) is 9.11. The standard InChI is InChI=1S/C38H60O2/c1-21(2)23-11-13-27-31-25(19-29-35(27,5)15-9-17-37(29,7)39)26-20-30-36(6,16-10-18-38(30,8)40)28-14-12-24(22(3)4)34(32(26)28)33(23)31/h21,23,25-30,32,34,39-40H,9-20H2,1-8H3. The highest BCUT2D eigenvalue weighted by molar-refractivity contribution is 5.43. The molecule has 0 aliphatic heterocycles. The van der Waals surface area contributed by atoms with Crippen LogP contribution in [0.2, 0.25) is 0 Å². The lowest BCUT2D eigenvalue weighted by molar-refractivity contribution is -0.198. The average molecular weight is 549 g/mol. The van der Waals surface area contributed by atoms with E-state index in [1.54, 1.807) is 5.57 Å². The summed E-state index contributed by atoms with van der Waals surface area (Å²) in [6.45, 7) is 19.5. The quantitative estimate of drug-likeness (QED) is 0.321. The Morgan fingerprint density at radius 2 is 1.40 bits per heavy atom. The first kappa shape index (κ1) is 28.2. The molecule has 0 aromatic rings. The Balaban J connectivity index is 1.48. The normalized spacial score (nSPS) is 55.3. The number of allylic oxidation sites excluding steroid dienone is 4. The van der Waals surface area contributed by atoms with Crippen LogP contribution in [0.25, 0.3) is 0 Å². The second kappa shape index (κ2) is 8.97. The molecule has 0 spiro atoms. The molecule has 0 heterocycles. The van der Waals surface area contributed by atoms with Gasteiger partial charge in [-0.3, -0.25) is 0 Å². The molecule has 0 aromatic carbocycles. The van der Waals surface area contributed by atoms with Crippen molar-refractivity contribution in [2.45, 2.75) is 144 Å². The van der Waals surface area contributed by atoms with Crippen molar-refractivity contribution in [3.8, 4) is 0 Å². The third-order valence-electron chi connectivity index (χ3n) is 15.5. The lowest BCUT2D eigenvalue weighted by Crippen LogP contribution is -2.65. The Hall–Kier alpha value is -0.600. The van der Waals surface area contributed by atoms with Crippen LogP contribution in [0.1, 0.15) is 132 Å². The summed E-state index contributed by atoms with van der Waals surface area (Å²) >= 11 is 0. The Kier molecular flexibility index (Phi) is 6.32. The first-order chi connectivity index (χ1) is 18.7. The fraction of sp³-hybridized carbons (Fsp3) is 0.895. The van der Waals surface area contributed by atoms with Crippen molar-refractivity contribution in [2.75, 3.05) is 0 Å². The van der Waals surface area contributed by atoms with Gasteiger partial charge >= 0.3 is 0 Å². The summed E-state index contributed by atoms with van der Waals surface area (Å²) in [5, 5.41) is 24.0. The molecule has 0 amide bonds. The molecule has 2 heteroatoms. The van der Waals surface area contributed by atoms with E-state index < -0.39 is 11.2 Å². The zero-order valence-corrected chi connectivity index (χ0v) is 27.2. The summed E-state index contributed by atoms with van der Waals surface area (Å²) in [7, 11) is 0. The minimum Gasteiger partial charge on any atom is -0.390 e. The van der Waals surface area contributed by atoms with E-state index in [1.165, 1.54) is 64.2 Å². The maximum Gasteiger partial charge on any atom is 0.0653 e. The van der Waals surface area contributed by atoms with Crippen molar-refractivity contribution in [1.82, 2.24) is 0 Å². The van der Waals surface area contributed by atoms with Crippen molar-refractivity contribution in [3.05, 3.63) is 22.3 Å². The van der Waals surface area contributed by atoms with Crippen molar-refractivity contribution in [2.24, 2.45) is 70.0 Å². The zero-order valence-electron chi connectivity index (χ0n) is 27.2. The van der Waals surface area contributed by atoms with E-state index >= 15 is 0 Å². The molecule has 224 valence electrons. The molecule has 40 heavy (non-hydrogen) atoms. The van der Waals surface area contributed by atoms with Gasteiger partial charge in [0.2, 0.25) is 0 Å². The van der Waals surface area contributed by atoms with Crippen LogP contribution < -0.4 is 0 Å². The van der Waals surface area contributed by atoms with Gasteiger partial charge in [0.1, 0.15) is 0 Å². The number of hydrogen-bond donors (Lipinski definition) is 2. The fourth-order valence-electron chi connectivity index (χ4n) is 14.1. The van der Waals surface area contributed by atoms with Crippen LogP contribution in [-0.2, 0) is 0 Å². The lowest BCUT2D eigenvalue weighted by Gasteiger charge is -2.70. The molecule has 0 aromatic heterocycles. The molecule has 0 saturated heterocycles. The van der Waals surface area contributed by atoms with Crippen LogP contribution in [0.5, 0.6) is 0 Å². The molecule has 7 rings (SSSR count). The number of fused-ring (bicyclic) bond motifs is 6. The van der Waals surface area contributed by atoms with Crippen LogP contribution in [0.3, 0.4) is 0 Å². The highest BCUT2D eigenvalue weighted by atomic mass is 16.3. The van der Waals surface area contributed by atoms with E-state index in [2.05, 4.69) is 55.4 Å². The largest absolute Gasteiger partial charge is 0.390 e. The summed E-state index contributed by atoms with van der Waals surface area (Å²) < 4.78 is 0. The molecule has 7 aliphatic carbocycles. The molecule has 5 saturated carbocycles. The van der Waals surface area contributed by atoms with E-state index in [0.29, 0.717) is 41.4 Å². The lowest BCUT2D eigenvalue weighted by atomic mass is 9.35. The molecule has 2 nitrogen and oxygen atoms in total. The van der Waals surface area contributed by atoms with Crippen LogP contribution in [-0.4, -0.2) is 21.4 Å². The summed E-state index contributed by atoms with van der Waals surface area (Å²) in [5.74, 6) is 6.27. The number of aliphatic hydroxyl groups is 2. The fourth-order valence-corrected chi connectivity index (χ4v) is 14.1. The third kappa shape index (κ3) is 3.60. The van der Waals surface area contributed by atoms with Crippen LogP contribution >= 0.6 is 0 Å². The van der Waals surface area contributed by atoms with Gasteiger partial charge in [0, 0.05) is 5.92 Å². The van der Waals surface area contributed by atoms with Crippen LogP contribution in [0.4, 0.5) is 0 Å². The Morgan fingerprint density at radius 1 is 0.775 bits per heavy atom. The molecular formula is C38H60O2. The van der Waals surface area contributed by atoms with E-state index in [0.717, 1.165) is 30.6 Å². The molecule has 13 atom stereocenters. The second-order valence-corrected chi connectivity index (χ2v) is 17.9. The number of rotatable bonds is 1. The van der Waals surface area contributed by atoms with Gasteiger partial charge in [0.25, 0.3) is 0 Å². The highest BCUT2D eigenvalue weighted by Gasteiger charge is 2.68. The average Bonchev–Trinajstić information content (AvgIpc) is 2.86. The van der Waals surface area contributed by atoms with Gasteiger partial charge in [-0.15, -0.1) is 0 Å². The molecule has 2 N–H and O–H groups in total. The van der Waals surface area contributed by atoms with Crippen molar-refractivity contribution >= 4 is 0 Å². The van der Waals surface area contributed by atoms with E-state index in [9.17, 15) is 10.2 Å². The third-order valence-corrected chi connectivity index (χ3v) is 15.5. The minimum atomic E-state index is -0.541. The van der Waals surface area contributed by atoms with Crippen molar-refractivity contribution in [3.63, 3.8) is 0 Å². The van der Waals surface area contributed by atoms with Crippen molar-refractivity contribution < 1.29 is 10.2 Å². The predicted molar refractivity (Wildman–Crippen MR) is 165 cm³/mol. The Labute approximate surface area is 245 Å². The van der Waals surface area contributed by atoms with Crippen LogP contribution in [0.15, 0.2) is 22.3 Å². The van der Waals surface area contributed by atoms with Gasteiger partial charge in [0.15, 0.2) is 0 Å². The molecule has 0 radical (unpaired) electrons. The first-order valence-corrected chi connectivity index (χ1v) is 17.6. The first-order valence-electron chi connectivity index (χ1n) is 17.6. The Morgan fingerprint density at radius 3 is 2.02 bits per heavy atom. The molecule has 7 aliphatic rings. The highest BCUT2D eigenvalue weighted by Crippen LogP contribution is 2.74. The zero-order chi connectivity index (χ0) is 28.6. The molecule has 5 fully saturated rings. The van der Waals surface area contributed by atoms with E-state index in [1.807, 2.05) is 16.7 Å². The Bertz CT molecular complexity index is 1120. The summed E-state index contributed by atoms with van der Waals surface area (Å²) in [5.41, 5.74) is 6.68. The van der Waals surface area contributed by atoms with Gasteiger partial charge in [-0.2, -0.15) is 0 Å². The molecule has 0 bridgehead atoms. The monoisotopic (exact) mass is 548 g/mol. The van der Waals surface area contributed by atoms with Gasteiger partial charge in [-0.25, -0.2) is 0 Å². The van der Waals surface area contributed by atoms with Gasteiger partial charge in [-0.05, 0) is 156 Å². The summed E-state index contributed by atoms with van der Waals surface area (Å²) in [4.78, 5) is 0. The van der Waals surface area contributed by atoms with Gasteiger partial charge in [-0.1, -0.05) is 62.8 Å². The smallest absolute Gasteiger partial charge is 0.0653 e. The summed E-state index contributed by atoms with van der Waals surface area (Å²) in [6, 6.07) is 0. The number of hydrogen-bond acceptors (Lipinski definition) is 2. The van der Waals surface area contributed by atoms with E-state index in [4.69, 9.17) is 0 Å². The van der Waals surface area contributed by atoms with Gasteiger partial charge in [0.05, 0.1) is 11.2 Å². The SMILES string of the molecule is CC(C)=C1CCC2C3C1C1=C4C(CC5C(C)(O)CCCC5(C)C4CCC1C(C)C)C3CC1C(C)(O)CCCC21C. The maximum absolute atomic E-state index is 12.0. The van der Waals surface area contributed by atoms with Gasteiger partial charge < -0.3 is 10.2 Å². The second-order valence-electron chi connectivity index (χ2n) is 17.9. The van der Waals surface area contributed by atoms with Crippen molar-refractivity contribution in [1.29, 1.82) is 0 Å². The van der Waals surface area contributed by atoms with Crippen LogP contribution in [0, 0.1) is 70.0 Å². The molecular weight excluding hydrogens is 488 g/mol. The maximum atomic E-state index is 12.0.